The van der Waals surface area contributed by atoms with E-state index in [9.17, 15) is 14.7 Å². The van der Waals surface area contributed by atoms with Gasteiger partial charge in [0.05, 0.1) is 0 Å². The number of aromatic hydroxyl groups is 1. The van der Waals surface area contributed by atoms with Crippen LogP contribution in [0.15, 0.2) is 12.1 Å². The second-order valence-electron chi connectivity index (χ2n) is 7.44. The molecular formula is C20H29NO4. The number of hydrogen-bond acceptors (Lipinski definition) is 4. The molecular weight excluding hydrogens is 318 g/mol. The molecule has 138 valence electrons. The van der Waals surface area contributed by atoms with Crippen molar-refractivity contribution in [2.45, 2.75) is 71.3 Å². The summed E-state index contributed by atoms with van der Waals surface area (Å²) in [6, 6.07) is 3.77. The Morgan fingerprint density at radius 3 is 2.36 bits per heavy atom. The van der Waals surface area contributed by atoms with Gasteiger partial charge in [0.15, 0.2) is 6.61 Å². The number of carbonyl (C=O) groups excluding carboxylic acids is 2. The molecule has 0 unspecified atom stereocenters. The average Bonchev–Trinajstić information content (AvgIpc) is 3.05. The lowest BCUT2D eigenvalue weighted by molar-refractivity contribution is -0.124. The minimum absolute atomic E-state index is 0.0550. The van der Waals surface area contributed by atoms with Crippen LogP contribution in [0.5, 0.6) is 5.75 Å². The van der Waals surface area contributed by atoms with E-state index in [0.29, 0.717) is 5.56 Å². The van der Waals surface area contributed by atoms with E-state index in [0.717, 1.165) is 31.2 Å². The highest BCUT2D eigenvalue weighted by Crippen LogP contribution is 2.33. The maximum Gasteiger partial charge on any atom is 0.342 e. The first-order chi connectivity index (χ1) is 11.8. The lowest BCUT2D eigenvalue weighted by Crippen LogP contribution is -2.35. The van der Waals surface area contributed by atoms with Crippen molar-refractivity contribution in [1.82, 2.24) is 5.32 Å². The molecule has 1 fully saturated rings. The molecule has 1 aromatic carbocycles. The van der Waals surface area contributed by atoms with Crippen molar-refractivity contribution in [3.8, 4) is 5.75 Å². The average molecular weight is 347 g/mol. The van der Waals surface area contributed by atoms with Crippen molar-refractivity contribution in [3.63, 3.8) is 0 Å². The molecule has 5 nitrogen and oxygen atoms in total. The first-order valence-corrected chi connectivity index (χ1v) is 9.12. The first kappa shape index (κ1) is 19.3. The monoisotopic (exact) mass is 347 g/mol. The summed E-state index contributed by atoms with van der Waals surface area (Å²) in [5.41, 5.74) is 1.81. The summed E-state index contributed by atoms with van der Waals surface area (Å²) in [6.45, 7) is 7.66. The fraction of sp³-hybridized carbons (Fsp3) is 0.600. The van der Waals surface area contributed by atoms with Gasteiger partial charge in [-0.05, 0) is 41.9 Å². The van der Waals surface area contributed by atoms with Gasteiger partial charge in [0, 0.05) is 6.04 Å². The molecule has 1 aliphatic carbocycles. The Hall–Kier alpha value is -2.04. The number of ether oxygens (including phenoxy) is 1. The van der Waals surface area contributed by atoms with Crippen LogP contribution in [0.1, 0.15) is 86.7 Å². The molecule has 5 heteroatoms. The summed E-state index contributed by atoms with van der Waals surface area (Å²) < 4.78 is 5.14. The molecule has 1 saturated carbocycles. The number of phenols is 1. The number of benzene rings is 1. The Kier molecular flexibility index (Phi) is 6.45. The number of nitrogens with one attached hydrogen (secondary N) is 1. The summed E-state index contributed by atoms with van der Waals surface area (Å²) in [6.07, 6.45) is 4.21. The molecule has 0 aliphatic heterocycles. The largest absolute Gasteiger partial charge is 0.507 e. The number of amides is 1. The van der Waals surface area contributed by atoms with Gasteiger partial charge in [0.1, 0.15) is 11.3 Å². The van der Waals surface area contributed by atoms with Crippen molar-refractivity contribution in [3.05, 3.63) is 28.8 Å². The topological polar surface area (TPSA) is 75.6 Å². The molecule has 2 N–H and O–H groups in total. The van der Waals surface area contributed by atoms with E-state index in [-0.39, 0.29) is 41.7 Å². The summed E-state index contributed by atoms with van der Waals surface area (Å²) in [5.74, 6) is -0.709. The highest BCUT2D eigenvalue weighted by molar-refractivity contribution is 5.94. The third kappa shape index (κ3) is 4.97. The SMILES string of the molecule is CC(C)c1cc(C(=O)OCC(=O)NC2CCCC2)c(O)c(C(C)C)c1. The quantitative estimate of drug-likeness (QED) is 0.766. The lowest BCUT2D eigenvalue weighted by atomic mass is 9.92. The predicted octanol–water partition coefficient (Wildman–Crippen LogP) is 3.85. The van der Waals surface area contributed by atoms with Gasteiger partial charge in [-0.1, -0.05) is 46.6 Å². The second-order valence-corrected chi connectivity index (χ2v) is 7.44. The van der Waals surface area contributed by atoms with Crippen LogP contribution in [-0.2, 0) is 9.53 Å². The molecule has 2 rings (SSSR count). The maximum atomic E-state index is 12.4. The summed E-state index contributed by atoms with van der Waals surface area (Å²) >= 11 is 0. The molecule has 0 atom stereocenters. The molecule has 1 aromatic rings. The molecule has 0 saturated heterocycles. The van der Waals surface area contributed by atoms with Crippen LogP contribution in [-0.4, -0.2) is 29.6 Å². The Morgan fingerprint density at radius 1 is 1.16 bits per heavy atom. The van der Waals surface area contributed by atoms with Crippen LogP contribution in [0.3, 0.4) is 0 Å². The highest BCUT2D eigenvalue weighted by atomic mass is 16.5. The van der Waals surface area contributed by atoms with E-state index in [1.807, 2.05) is 33.8 Å². The van der Waals surface area contributed by atoms with Gasteiger partial charge in [-0.2, -0.15) is 0 Å². The van der Waals surface area contributed by atoms with Gasteiger partial charge in [0.25, 0.3) is 5.91 Å². The zero-order valence-electron chi connectivity index (χ0n) is 15.6. The number of hydrogen-bond donors (Lipinski definition) is 2. The first-order valence-electron chi connectivity index (χ1n) is 9.12. The van der Waals surface area contributed by atoms with Gasteiger partial charge >= 0.3 is 5.97 Å². The summed E-state index contributed by atoms with van der Waals surface area (Å²) in [4.78, 5) is 24.3. The molecule has 0 spiro atoms. The lowest BCUT2D eigenvalue weighted by Gasteiger charge is -2.17. The van der Waals surface area contributed by atoms with Crippen LogP contribution in [0.25, 0.3) is 0 Å². The Bertz CT molecular complexity index is 631. The molecule has 1 amide bonds. The van der Waals surface area contributed by atoms with E-state index in [2.05, 4.69) is 5.32 Å². The molecule has 25 heavy (non-hydrogen) atoms. The summed E-state index contributed by atoms with van der Waals surface area (Å²) in [7, 11) is 0. The fourth-order valence-corrected chi connectivity index (χ4v) is 3.16. The predicted molar refractivity (Wildman–Crippen MR) is 97.0 cm³/mol. The van der Waals surface area contributed by atoms with Crippen LogP contribution < -0.4 is 5.32 Å². The van der Waals surface area contributed by atoms with E-state index in [1.54, 1.807) is 6.07 Å². The Labute approximate surface area is 149 Å². The van der Waals surface area contributed by atoms with Gasteiger partial charge in [-0.15, -0.1) is 0 Å². The van der Waals surface area contributed by atoms with Crippen LogP contribution >= 0.6 is 0 Å². The van der Waals surface area contributed by atoms with E-state index in [4.69, 9.17) is 4.74 Å². The standard InChI is InChI=1S/C20H29NO4/c1-12(2)14-9-16(13(3)4)19(23)17(10-14)20(24)25-11-18(22)21-15-7-5-6-8-15/h9-10,12-13,15,23H,5-8,11H2,1-4H3,(H,21,22). The van der Waals surface area contributed by atoms with Crippen LogP contribution in [0.2, 0.25) is 0 Å². The van der Waals surface area contributed by atoms with Crippen molar-refractivity contribution in [1.29, 1.82) is 0 Å². The third-order valence-corrected chi connectivity index (χ3v) is 4.72. The number of rotatable bonds is 6. The maximum absolute atomic E-state index is 12.4. The van der Waals surface area contributed by atoms with Crippen molar-refractivity contribution in [2.24, 2.45) is 0 Å². The van der Waals surface area contributed by atoms with E-state index >= 15 is 0 Å². The van der Waals surface area contributed by atoms with Crippen molar-refractivity contribution < 1.29 is 19.4 Å². The normalized spacial score (nSPS) is 15.0. The zero-order valence-corrected chi connectivity index (χ0v) is 15.6. The van der Waals surface area contributed by atoms with Crippen LogP contribution in [0.4, 0.5) is 0 Å². The highest BCUT2D eigenvalue weighted by Gasteiger charge is 2.22. The van der Waals surface area contributed by atoms with Gasteiger partial charge in [-0.3, -0.25) is 4.79 Å². The molecule has 0 aromatic heterocycles. The summed E-state index contributed by atoms with van der Waals surface area (Å²) in [5, 5.41) is 13.3. The number of esters is 1. The second kappa shape index (κ2) is 8.37. The molecule has 1 aliphatic rings. The Balaban J connectivity index is 2.08. The fourth-order valence-electron chi connectivity index (χ4n) is 3.16. The zero-order chi connectivity index (χ0) is 18.6. The minimum atomic E-state index is -0.663. The Morgan fingerprint density at radius 2 is 1.80 bits per heavy atom. The van der Waals surface area contributed by atoms with Gasteiger partial charge in [-0.25, -0.2) is 4.79 Å². The van der Waals surface area contributed by atoms with E-state index in [1.165, 1.54) is 0 Å². The third-order valence-electron chi connectivity index (χ3n) is 4.72. The van der Waals surface area contributed by atoms with Crippen molar-refractivity contribution in [2.75, 3.05) is 6.61 Å². The smallest absolute Gasteiger partial charge is 0.342 e. The van der Waals surface area contributed by atoms with E-state index < -0.39 is 5.97 Å². The molecule has 0 radical (unpaired) electrons. The van der Waals surface area contributed by atoms with Gasteiger partial charge in [0.2, 0.25) is 0 Å². The number of carbonyl (C=O) groups is 2. The minimum Gasteiger partial charge on any atom is -0.507 e. The van der Waals surface area contributed by atoms with Crippen LogP contribution in [0, 0.1) is 0 Å². The van der Waals surface area contributed by atoms with Crippen molar-refractivity contribution >= 4 is 11.9 Å². The van der Waals surface area contributed by atoms with Gasteiger partial charge < -0.3 is 15.2 Å². The number of phenolic OH excluding ortho intramolecular Hbond substituents is 1. The molecule has 0 bridgehead atoms. The molecule has 0 heterocycles.